The van der Waals surface area contributed by atoms with Gasteiger partial charge in [0.25, 0.3) is 0 Å². The Morgan fingerprint density at radius 2 is 2.27 bits per heavy atom. The summed E-state index contributed by atoms with van der Waals surface area (Å²) in [4.78, 5) is 0. The van der Waals surface area contributed by atoms with E-state index in [1.54, 1.807) is 0 Å². The molecule has 0 bridgehead atoms. The predicted octanol–water partition coefficient (Wildman–Crippen LogP) is 4.01. The van der Waals surface area contributed by atoms with Gasteiger partial charge in [0.15, 0.2) is 0 Å². The SMILES string of the molecule is CCc1[nH]nc(I)c1-c1cccc(Br)c1. The molecule has 2 aromatic rings. The molecule has 0 atom stereocenters. The fourth-order valence-electron chi connectivity index (χ4n) is 1.55. The summed E-state index contributed by atoms with van der Waals surface area (Å²) in [6.07, 6.45) is 0.970. The lowest BCUT2D eigenvalue weighted by Crippen LogP contribution is -1.85. The molecule has 78 valence electrons. The Balaban J connectivity index is 2.57. The molecular weight excluding hydrogens is 367 g/mol. The number of halogens is 2. The lowest BCUT2D eigenvalue weighted by atomic mass is 10.1. The first-order valence-corrected chi connectivity index (χ1v) is 6.58. The van der Waals surface area contributed by atoms with Crippen LogP contribution in [0.4, 0.5) is 0 Å². The minimum absolute atomic E-state index is 0.970. The van der Waals surface area contributed by atoms with Crippen LogP contribution in [-0.2, 0) is 6.42 Å². The Morgan fingerprint density at radius 3 is 2.93 bits per heavy atom. The van der Waals surface area contributed by atoms with E-state index in [9.17, 15) is 0 Å². The molecule has 0 saturated carbocycles. The first-order chi connectivity index (χ1) is 7.22. The number of aryl methyl sites for hydroxylation is 1. The normalized spacial score (nSPS) is 10.6. The van der Waals surface area contributed by atoms with Crippen molar-refractivity contribution in [1.29, 1.82) is 0 Å². The van der Waals surface area contributed by atoms with Gasteiger partial charge < -0.3 is 0 Å². The summed E-state index contributed by atoms with van der Waals surface area (Å²) >= 11 is 5.75. The third-order valence-electron chi connectivity index (χ3n) is 2.26. The first kappa shape index (κ1) is 11.1. The Morgan fingerprint density at radius 1 is 1.47 bits per heavy atom. The molecule has 0 aliphatic carbocycles. The number of nitrogens with one attached hydrogen (secondary N) is 1. The van der Waals surface area contributed by atoms with Crippen LogP contribution < -0.4 is 0 Å². The van der Waals surface area contributed by atoms with E-state index in [0.29, 0.717) is 0 Å². The summed E-state index contributed by atoms with van der Waals surface area (Å²) in [6, 6.07) is 8.30. The van der Waals surface area contributed by atoms with Crippen LogP contribution in [0.3, 0.4) is 0 Å². The molecule has 2 rings (SSSR count). The second-order valence-corrected chi connectivity index (χ2v) is 5.17. The minimum Gasteiger partial charge on any atom is -0.281 e. The third kappa shape index (κ3) is 2.25. The molecule has 0 unspecified atom stereocenters. The molecule has 0 saturated heterocycles. The van der Waals surface area contributed by atoms with Gasteiger partial charge in [0.2, 0.25) is 0 Å². The minimum atomic E-state index is 0.970. The van der Waals surface area contributed by atoms with Gasteiger partial charge in [0, 0.05) is 15.7 Å². The van der Waals surface area contributed by atoms with E-state index in [2.05, 4.69) is 67.8 Å². The van der Waals surface area contributed by atoms with E-state index >= 15 is 0 Å². The van der Waals surface area contributed by atoms with Gasteiger partial charge in [-0.2, -0.15) is 5.10 Å². The molecule has 15 heavy (non-hydrogen) atoms. The summed E-state index contributed by atoms with van der Waals surface area (Å²) < 4.78 is 2.13. The number of hydrogen-bond acceptors (Lipinski definition) is 1. The second-order valence-electron chi connectivity index (χ2n) is 3.23. The monoisotopic (exact) mass is 376 g/mol. The van der Waals surface area contributed by atoms with E-state index in [-0.39, 0.29) is 0 Å². The van der Waals surface area contributed by atoms with E-state index < -0.39 is 0 Å². The van der Waals surface area contributed by atoms with Crippen LogP contribution >= 0.6 is 38.5 Å². The molecule has 0 aliphatic rings. The Kier molecular flexibility index (Phi) is 3.45. The highest BCUT2D eigenvalue weighted by Gasteiger charge is 2.11. The molecule has 0 spiro atoms. The van der Waals surface area contributed by atoms with Crippen LogP contribution in [0.2, 0.25) is 0 Å². The number of aromatic nitrogens is 2. The van der Waals surface area contributed by atoms with Crippen molar-refractivity contribution in [3.05, 3.63) is 38.1 Å². The van der Waals surface area contributed by atoms with Crippen molar-refractivity contribution < 1.29 is 0 Å². The molecule has 1 heterocycles. The molecule has 0 amide bonds. The van der Waals surface area contributed by atoms with Gasteiger partial charge in [-0.05, 0) is 46.7 Å². The van der Waals surface area contributed by atoms with Gasteiger partial charge in [0.1, 0.15) is 3.70 Å². The number of aromatic amines is 1. The Hall–Kier alpha value is -0.360. The largest absolute Gasteiger partial charge is 0.281 e. The van der Waals surface area contributed by atoms with Gasteiger partial charge >= 0.3 is 0 Å². The van der Waals surface area contributed by atoms with Crippen molar-refractivity contribution in [2.24, 2.45) is 0 Å². The topological polar surface area (TPSA) is 28.7 Å². The lowest BCUT2D eigenvalue weighted by molar-refractivity contribution is 0.968. The summed E-state index contributed by atoms with van der Waals surface area (Å²) in [7, 11) is 0. The number of benzene rings is 1. The zero-order chi connectivity index (χ0) is 10.8. The van der Waals surface area contributed by atoms with Gasteiger partial charge in [-0.15, -0.1) is 0 Å². The number of rotatable bonds is 2. The van der Waals surface area contributed by atoms with Crippen molar-refractivity contribution >= 4 is 38.5 Å². The smallest absolute Gasteiger partial charge is 0.131 e. The van der Waals surface area contributed by atoms with Crippen molar-refractivity contribution in [2.45, 2.75) is 13.3 Å². The lowest BCUT2D eigenvalue weighted by Gasteiger charge is -2.02. The average molecular weight is 377 g/mol. The first-order valence-electron chi connectivity index (χ1n) is 4.71. The molecule has 0 fully saturated rings. The highest BCUT2D eigenvalue weighted by Crippen LogP contribution is 2.29. The predicted molar refractivity (Wildman–Crippen MR) is 73.8 cm³/mol. The number of nitrogens with zero attached hydrogens (tertiary/aromatic N) is 1. The van der Waals surface area contributed by atoms with E-state index in [0.717, 1.165) is 14.6 Å². The van der Waals surface area contributed by atoms with E-state index in [1.807, 2.05) is 12.1 Å². The molecule has 1 aromatic carbocycles. The zero-order valence-corrected chi connectivity index (χ0v) is 12.0. The van der Waals surface area contributed by atoms with Crippen LogP contribution in [0, 0.1) is 3.70 Å². The quantitative estimate of drug-likeness (QED) is 0.788. The summed E-state index contributed by atoms with van der Waals surface area (Å²) in [5.74, 6) is 0. The van der Waals surface area contributed by atoms with Crippen LogP contribution in [0.25, 0.3) is 11.1 Å². The van der Waals surface area contributed by atoms with Crippen LogP contribution in [-0.4, -0.2) is 10.2 Å². The van der Waals surface area contributed by atoms with Crippen LogP contribution in [0.5, 0.6) is 0 Å². The van der Waals surface area contributed by atoms with Gasteiger partial charge in [0.05, 0.1) is 0 Å². The second kappa shape index (κ2) is 4.65. The van der Waals surface area contributed by atoms with Crippen LogP contribution in [0.15, 0.2) is 28.7 Å². The third-order valence-corrected chi connectivity index (χ3v) is 3.54. The molecule has 2 nitrogen and oxygen atoms in total. The standard InChI is InChI=1S/C11H10BrIN2/c1-2-9-10(11(13)15-14-9)7-4-3-5-8(12)6-7/h3-6H,2H2,1H3,(H,14,15). The molecule has 1 aromatic heterocycles. The maximum atomic E-state index is 4.24. The van der Waals surface area contributed by atoms with Crippen molar-refractivity contribution in [3.8, 4) is 11.1 Å². The molecule has 1 N–H and O–H groups in total. The fraction of sp³-hybridized carbons (Fsp3) is 0.182. The Bertz CT molecular complexity index is 479. The Labute approximate surface area is 111 Å². The molecule has 0 radical (unpaired) electrons. The van der Waals surface area contributed by atoms with Gasteiger partial charge in [-0.1, -0.05) is 35.0 Å². The van der Waals surface area contributed by atoms with E-state index in [1.165, 1.54) is 16.8 Å². The zero-order valence-electron chi connectivity index (χ0n) is 8.22. The summed E-state index contributed by atoms with van der Waals surface area (Å²) in [6.45, 7) is 2.13. The molecular formula is C11H10BrIN2. The highest BCUT2D eigenvalue weighted by atomic mass is 127. The van der Waals surface area contributed by atoms with Gasteiger partial charge in [-0.3, -0.25) is 5.10 Å². The highest BCUT2D eigenvalue weighted by molar-refractivity contribution is 14.1. The summed E-state index contributed by atoms with van der Waals surface area (Å²) in [5, 5.41) is 7.31. The van der Waals surface area contributed by atoms with E-state index in [4.69, 9.17) is 0 Å². The molecule has 4 heteroatoms. The van der Waals surface area contributed by atoms with Crippen LogP contribution in [0.1, 0.15) is 12.6 Å². The maximum Gasteiger partial charge on any atom is 0.131 e. The van der Waals surface area contributed by atoms with Crippen molar-refractivity contribution in [1.82, 2.24) is 10.2 Å². The molecule has 0 aliphatic heterocycles. The number of hydrogen-bond donors (Lipinski definition) is 1. The maximum absolute atomic E-state index is 4.24. The van der Waals surface area contributed by atoms with Crippen molar-refractivity contribution in [2.75, 3.05) is 0 Å². The number of H-pyrrole nitrogens is 1. The van der Waals surface area contributed by atoms with Crippen molar-refractivity contribution in [3.63, 3.8) is 0 Å². The average Bonchev–Trinajstić information content (AvgIpc) is 2.59. The van der Waals surface area contributed by atoms with Gasteiger partial charge in [-0.25, -0.2) is 0 Å². The summed E-state index contributed by atoms with van der Waals surface area (Å²) in [5.41, 5.74) is 3.62. The fourth-order valence-corrected chi connectivity index (χ4v) is 2.70.